The second-order valence-corrected chi connectivity index (χ2v) is 7.46. The summed E-state index contributed by atoms with van der Waals surface area (Å²) in [6, 6.07) is 0. The molecule has 5 nitrogen and oxygen atoms in total. The quantitative estimate of drug-likeness (QED) is 0.667. The van der Waals surface area contributed by atoms with Gasteiger partial charge in [-0.05, 0) is 25.3 Å². The number of guanidine groups is 1. The van der Waals surface area contributed by atoms with Gasteiger partial charge in [-0.3, -0.25) is 9.67 Å². The Morgan fingerprint density at radius 1 is 1.55 bits per heavy atom. The van der Waals surface area contributed by atoms with Crippen LogP contribution in [0.2, 0.25) is 0 Å². The summed E-state index contributed by atoms with van der Waals surface area (Å²) < 4.78 is 1.96. The van der Waals surface area contributed by atoms with Crippen molar-refractivity contribution in [2.24, 2.45) is 10.9 Å². The molecule has 2 rings (SSSR count). The van der Waals surface area contributed by atoms with E-state index in [2.05, 4.69) is 61.0 Å². The van der Waals surface area contributed by atoms with Crippen LogP contribution < -0.4 is 5.32 Å². The Kier molecular flexibility index (Phi) is 6.61. The molecule has 0 aromatic carbocycles. The molecule has 1 aliphatic rings. The third-order valence-electron chi connectivity index (χ3n) is 3.82. The topological polar surface area (TPSA) is 45.5 Å². The summed E-state index contributed by atoms with van der Waals surface area (Å²) in [6.45, 7) is 13.5. The van der Waals surface area contributed by atoms with Crippen LogP contribution >= 0.6 is 11.8 Å². The van der Waals surface area contributed by atoms with Crippen molar-refractivity contribution in [1.29, 1.82) is 0 Å². The number of thioether (sulfide) groups is 1. The van der Waals surface area contributed by atoms with E-state index in [0.717, 1.165) is 38.7 Å². The summed E-state index contributed by atoms with van der Waals surface area (Å²) in [7, 11) is 0. The molecule has 1 aromatic heterocycles. The van der Waals surface area contributed by atoms with Gasteiger partial charge in [-0.2, -0.15) is 16.9 Å². The molecular weight excluding hydrogens is 294 g/mol. The maximum absolute atomic E-state index is 4.80. The molecule has 0 radical (unpaired) electrons. The minimum Gasteiger partial charge on any atom is -0.357 e. The predicted molar refractivity (Wildman–Crippen MR) is 95.6 cm³/mol. The van der Waals surface area contributed by atoms with Crippen LogP contribution in [0, 0.1) is 12.8 Å². The lowest BCUT2D eigenvalue weighted by molar-refractivity contribution is 0.380. The van der Waals surface area contributed by atoms with Gasteiger partial charge in [0.1, 0.15) is 0 Å². The molecule has 6 heteroatoms. The maximum atomic E-state index is 4.80. The van der Waals surface area contributed by atoms with Crippen molar-refractivity contribution in [3.05, 3.63) is 18.0 Å². The van der Waals surface area contributed by atoms with Crippen molar-refractivity contribution >= 4 is 17.7 Å². The second kappa shape index (κ2) is 8.46. The first-order chi connectivity index (χ1) is 10.6. The monoisotopic (exact) mass is 323 g/mol. The van der Waals surface area contributed by atoms with Gasteiger partial charge in [0, 0.05) is 36.8 Å². The molecule has 1 unspecified atom stereocenters. The van der Waals surface area contributed by atoms with Crippen LogP contribution in [0.15, 0.2) is 17.4 Å². The van der Waals surface area contributed by atoms with Crippen LogP contribution in [0.25, 0.3) is 0 Å². The van der Waals surface area contributed by atoms with E-state index in [-0.39, 0.29) is 0 Å². The first-order valence-corrected chi connectivity index (χ1v) is 9.29. The summed E-state index contributed by atoms with van der Waals surface area (Å²) in [5, 5.41) is 8.46. The standard InChI is InChI=1S/C16H29N5S/c1-5-17-16(18-6-7-21-11-14(4)10-19-21)20-8-9-22-15(12-20)13(2)3/h10-11,13,15H,5-9,12H2,1-4H3,(H,17,18). The second-order valence-electron chi connectivity index (χ2n) is 6.12. The zero-order valence-corrected chi connectivity index (χ0v) is 15.1. The Bertz CT molecular complexity index is 483. The number of nitrogens with one attached hydrogen (secondary N) is 1. The van der Waals surface area contributed by atoms with E-state index < -0.39 is 0 Å². The summed E-state index contributed by atoms with van der Waals surface area (Å²) in [6.07, 6.45) is 3.96. The number of aryl methyl sites for hydroxylation is 1. The molecule has 1 fully saturated rings. The molecule has 2 heterocycles. The van der Waals surface area contributed by atoms with Crippen LogP contribution in [0.5, 0.6) is 0 Å². The van der Waals surface area contributed by atoms with Crippen LogP contribution in [0.3, 0.4) is 0 Å². The van der Waals surface area contributed by atoms with Gasteiger partial charge >= 0.3 is 0 Å². The zero-order valence-electron chi connectivity index (χ0n) is 14.2. The molecule has 1 aliphatic heterocycles. The molecule has 0 aliphatic carbocycles. The van der Waals surface area contributed by atoms with E-state index in [1.807, 2.05) is 10.9 Å². The lowest BCUT2D eigenvalue weighted by Gasteiger charge is -2.36. The molecule has 1 aromatic rings. The van der Waals surface area contributed by atoms with E-state index in [4.69, 9.17) is 4.99 Å². The van der Waals surface area contributed by atoms with Crippen LogP contribution in [0.1, 0.15) is 26.3 Å². The van der Waals surface area contributed by atoms with Crippen LogP contribution in [0.4, 0.5) is 0 Å². The molecule has 22 heavy (non-hydrogen) atoms. The minimum absolute atomic E-state index is 0.700. The van der Waals surface area contributed by atoms with Gasteiger partial charge < -0.3 is 10.2 Å². The number of aliphatic imine (C=N–C) groups is 1. The van der Waals surface area contributed by atoms with Crippen molar-refractivity contribution < 1.29 is 0 Å². The molecule has 124 valence electrons. The smallest absolute Gasteiger partial charge is 0.194 e. The Labute approximate surface area is 138 Å². The fraction of sp³-hybridized carbons (Fsp3) is 0.750. The third-order valence-corrected chi connectivity index (χ3v) is 5.36. The largest absolute Gasteiger partial charge is 0.357 e. The van der Waals surface area contributed by atoms with E-state index in [0.29, 0.717) is 11.2 Å². The number of hydrogen-bond acceptors (Lipinski definition) is 3. The molecule has 0 amide bonds. The van der Waals surface area contributed by atoms with Crippen molar-refractivity contribution in [3.63, 3.8) is 0 Å². The summed E-state index contributed by atoms with van der Waals surface area (Å²) in [5.74, 6) is 2.95. The van der Waals surface area contributed by atoms with Crippen molar-refractivity contribution in [2.45, 2.75) is 39.5 Å². The first kappa shape index (κ1) is 17.2. The first-order valence-electron chi connectivity index (χ1n) is 8.24. The number of nitrogens with zero attached hydrogens (tertiary/aromatic N) is 4. The highest BCUT2D eigenvalue weighted by molar-refractivity contribution is 8.00. The van der Waals surface area contributed by atoms with E-state index in [1.165, 1.54) is 11.3 Å². The van der Waals surface area contributed by atoms with E-state index in [1.54, 1.807) is 0 Å². The molecule has 1 atom stereocenters. The summed E-state index contributed by atoms with van der Waals surface area (Å²) in [4.78, 5) is 7.21. The number of aromatic nitrogens is 2. The van der Waals surface area contributed by atoms with Gasteiger partial charge in [-0.1, -0.05) is 13.8 Å². The lowest BCUT2D eigenvalue weighted by atomic mass is 10.1. The third kappa shape index (κ3) is 4.93. The Morgan fingerprint density at radius 2 is 2.36 bits per heavy atom. The zero-order chi connectivity index (χ0) is 15.9. The molecule has 1 N–H and O–H groups in total. The SMILES string of the molecule is CCNC(=NCCn1cc(C)cn1)N1CCSC(C(C)C)C1. The van der Waals surface area contributed by atoms with Crippen molar-refractivity contribution in [1.82, 2.24) is 20.0 Å². The molecular formula is C16H29N5S. The highest BCUT2D eigenvalue weighted by atomic mass is 32.2. The number of hydrogen-bond donors (Lipinski definition) is 1. The average molecular weight is 324 g/mol. The summed E-state index contributed by atoms with van der Waals surface area (Å²) >= 11 is 2.10. The maximum Gasteiger partial charge on any atom is 0.194 e. The Balaban J connectivity index is 1.94. The summed E-state index contributed by atoms with van der Waals surface area (Å²) in [5.41, 5.74) is 1.20. The lowest BCUT2D eigenvalue weighted by Crippen LogP contribution is -2.49. The highest BCUT2D eigenvalue weighted by Crippen LogP contribution is 2.24. The van der Waals surface area contributed by atoms with Gasteiger partial charge in [0.15, 0.2) is 5.96 Å². The van der Waals surface area contributed by atoms with Gasteiger partial charge in [-0.15, -0.1) is 0 Å². The van der Waals surface area contributed by atoms with Crippen molar-refractivity contribution in [3.8, 4) is 0 Å². The Morgan fingerprint density at radius 3 is 3.00 bits per heavy atom. The fourth-order valence-electron chi connectivity index (χ4n) is 2.54. The van der Waals surface area contributed by atoms with Gasteiger partial charge in [0.05, 0.1) is 19.3 Å². The van der Waals surface area contributed by atoms with Crippen molar-refractivity contribution in [2.75, 3.05) is 31.9 Å². The molecule has 0 spiro atoms. The van der Waals surface area contributed by atoms with E-state index in [9.17, 15) is 0 Å². The number of rotatable bonds is 5. The molecule has 1 saturated heterocycles. The molecule has 0 bridgehead atoms. The van der Waals surface area contributed by atoms with Crippen LogP contribution in [-0.2, 0) is 6.54 Å². The van der Waals surface area contributed by atoms with Gasteiger partial charge in [0.25, 0.3) is 0 Å². The molecule has 0 saturated carbocycles. The highest BCUT2D eigenvalue weighted by Gasteiger charge is 2.24. The average Bonchev–Trinajstić information content (AvgIpc) is 2.92. The van der Waals surface area contributed by atoms with Crippen LogP contribution in [-0.4, -0.2) is 57.8 Å². The normalized spacial score (nSPS) is 19.8. The fourth-order valence-corrected chi connectivity index (χ4v) is 3.84. The minimum atomic E-state index is 0.700. The Hall–Kier alpha value is -1.17. The van der Waals surface area contributed by atoms with Gasteiger partial charge in [0.2, 0.25) is 0 Å². The van der Waals surface area contributed by atoms with E-state index >= 15 is 0 Å². The predicted octanol–water partition coefficient (Wildman–Crippen LogP) is 2.23. The van der Waals surface area contributed by atoms with Gasteiger partial charge in [-0.25, -0.2) is 0 Å².